The van der Waals surface area contributed by atoms with E-state index in [9.17, 15) is 14.3 Å². The molecule has 1 saturated heterocycles. The molecule has 7 heteroatoms. The van der Waals surface area contributed by atoms with E-state index in [0.29, 0.717) is 49.7 Å². The van der Waals surface area contributed by atoms with Crippen LogP contribution in [0.2, 0.25) is 0 Å². The van der Waals surface area contributed by atoms with Gasteiger partial charge in [0.2, 0.25) is 0 Å². The fraction of sp³-hybridized carbons (Fsp3) is 0.241. The smallest absolute Gasteiger partial charge is 0.259 e. The zero-order chi connectivity index (χ0) is 25.1. The second kappa shape index (κ2) is 10.3. The highest BCUT2D eigenvalue weighted by molar-refractivity contribution is 5.48. The van der Waals surface area contributed by atoms with Crippen LogP contribution in [0.1, 0.15) is 28.4 Å². The minimum Gasteiger partial charge on any atom is -0.507 e. The second-order valence-electron chi connectivity index (χ2n) is 9.12. The van der Waals surface area contributed by atoms with Gasteiger partial charge in [-0.3, -0.25) is 14.7 Å². The summed E-state index contributed by atoms with van der Waals surface area (Å²) in [4.78, 5) is 22.3. The van der Waals surface area contributed by atoms with E-state index in [2.05, 4.69) is 9.88 Å². The number of benzene rings is 2. The number of para-hydroxylation sites is 1. The molecule has 0 amide bonds. The Kier molecular flexibility index (Phi) is 6.82. The number of anilines is 1. The lowest BCUT2D eigenvalue weighted by atomic mass is 9.96. The summed E-state index contributed by atoms with van der Waals surface area (Å²) in [6, 6.07) is 21.6. The Balaban J connectivity index is 1.52. The van der Waals surface area contributed by atoms with Gasteiger partial charge in [-0.2, -0.15) is 0 Å². The van der Waals surface area contributed by atoms with Crippen LogP contribution in [0.4, 0.5) is 10.1 Å². The molecule has 0 bridgehead atoms. The molecular weight excluding hydrogens is 455 g/mol. The zero-order valence-corrected chi connectivity index (χ0v) is 20.2. The van der Waals surface area contributed by atoms with Crippen LogP contribution in [0, 0.1) is 12.7 Å². The normalized spacial score (nSPS) is 15.1. The van der Waals surface area contributed by atoms with Gasteiger partial charge in [0.15, 0.2) is 0 Å². The van der Waals surface area contributed by atoms with E-state index in [4.69, 9.17) is 0 Å². The van der Waals surface area contributed by atoms with Crippen molar-refractivity contribution < 1.29 is 9.50 Å². The molecule has 5 rings (SSSR count). The van der Waals surface area contributed by atoms with Crippen molar-refractivity contribution in [1.29, 1.82) is 0 Å². The summed E-state index contributed by atoms with van der Waals surface area (Å²) < 4.78 is 16.1. The summed E-state index contributed by atoms with van der Waals surface area (Å²) >= 11 is 0. The molecule has 4 aromatic rings. The number of aromatic hydroxyl groups is 1. The van der Waals surface area contributed by atoms with Gasteiger partial charge in [-0.05, 0) is 42.3 Å². The van der Waals surface area contributed by atoms with Crippen LogP contribution in [-0.2, 0) is 6.54 Å². The van der Waals surface area contributed by atoms with Gasteiger partial charge in [0.1, 0.15) is 11.6 Å². The van der Waals surface area contributed by atoms with Crippen molar-refractivity contribution in [2.75, 3.05) is 31.1 Å². The van der Waals surface area contributed by atoms with E-state index in [1.165, 1.54) is 6.07 Å². The van der Waals surface area contributed by atoms with Crippen LogP contribution in [0.3, 0.4) is 0 Å². The summed E-state index contributed by atoms with van der Waals surface area (Å²) in [5, 5.41) is 11.1. The minimum atomic E-state index is -0.429. The van der Waals surface area contributed by atoms with Crippen LogP contribution in [-0.4, -0.2) is 45.7 Å². The molecule has 1 fully saturated rings. The number of rotatable bonds is 6. The average molecular weight is 485 g/mol. The maximum absolute atomic E-state index is 14.4. The fourth-order valence-corrected chi connectivity index (χ4v) is 5.02. The average Bonchev–Trinajstić information content (AvgIpc) is 2.90. The Hall–Kier alpha value is -3.97. The highest BCUT2D eigenvalue weighted by Gasteiger charge is 2.32. The standard InChI is InChI=1S/C29H29FN4O2/c1-21-18-26(35)27(29(36)34(21)20-22-8-7-13-31-19-22)28(23-9-3-2-4-10-23)33-16-14-32(15-17-33)25-12-6-5-11-24(25)30/h2-13,18-19,28,35H,14-17,20H2,1H3/t28-/m1/s1. The van der Waals surface area contributed by atoms with Gasteiger partial charge in [-0.25, -0.2) is 4.39 Å². The quantitative estimate of drug-likeness (QED) is 0.441. The van der Waals surface area contributed by atoms with Crippen LogP contribution in [0.15, 0.2) is 90.0 Å². The molecule has 0 saturated carbocycles. The van der Waals surface area contributed by atoms with Crippen molar-refractivity contribution in [2.45, 2.75) is 19.5 Å². The highest BCUT2D eigenvalue weighted by atomic mass is 19.1. The number of piperazine rings is 1. The van der Waals surface area contributed by atoms with Gasteiger partial charge in [-0.1, -0.05) is 48.5 Å². The predicted molar refractivity (Wildman–Crippen MR) is 139 cm³/mol. The van der Waals surface area contributed by atoms with Gasteiger partial charge < -0.3 is 14.6 Å². The third-order valence-corrected chi connectivity index (χ3v) is 6.85. The summed E-state index contributed by atoms with van der Waals surface area (Å²) in [5.74, 6) is -0.245. The number of hydrogen-bond acceptors (Lipinski definition) is 5. The van der Waals surface area contributed by atoms with Gasteiger partial charge in [0.05, 0.1) is 23.8 Å². The van der Waals surface area contributed by atoms with Crippen molar-refractivity contribution >= 4 is 5.69 Å². The minimum absolute atomic E-state index is 0.00896. The Labute approximate surface area is 209 Å². The topological polar surface area (TPSA) is 61.6 Å². The summed E-state index contributed by atoms with van der Waals surface area (Å²) in [7, 11) is 0. The molecule has 1 aliphatic rings. The molecule has 3 heterocycles. The van der Waals surface area contributed by atoms with E-state index in [-0.39, 0.29) is 17.1 Å². The van der Waals surface area contributed by atoms with Crippen molar-refractivity contribution in [1.82, 2.24) is 14.5 Å². The SMILES string of the molecule is Cc1cc(O)c([C@@H](c2ccccc2)N2CCN(c3ccccc3F)CC2)c(=O)n1Cc1cccnc1. The van der Waals surface area contributed by atoms with Gasteiger partial charge >= 0.3 is 0 Å². The van der Waals surface area contributed by atoms with E-state index >= 15 is 0 Å². The summed E-state index contributed by atoms with van der Waals surface area (Å²) in [5.41, 5.74) is 3.25. The van der Waals surface area contributed by atoms with Crippen molar-refractivity contribution in [3.63, 3.8) is 0 Å². The first-order chi connectivity index (χ1) is 17.5. The molecule has 1 atom stereocenters. The first kappa shape index (κ1) is 23.8. The molecule has 184 valence electrons. The second-order valence-corrected chi connectivity index (χ2v) is 9.12. The van der Waals surface area contributed by atoms with Gasteiger partial charge in [0, 0.05) is 44.3 Å². The molecule has 6 nitrogen and oxygen atoms in total. The van der Waals surface area contributed by atoms with Crippen LogP contribution in [0.5, 0.6) is 5.75 Å². The molecule has 0 unspecified atom stereocenters. The van der Waals surface area contributed by atoms with Gasteiger partial charge in [-0.15, -0.1) is 0 Å². The fourth-order valence-electron chi connectivity index (χ4n) is 5.02. The first-order valence-corrected chi connectivity index (χ1v) is 12.1. The third kappa shape index (κ3) is 4.75. The van der Waals surface area contributed by atoms with Crippen molar-refractivity contribution in [3.8, 4) is 5.75 Å². The monoisotopic (exact) mass is 484 g/mol. The largest absolute Gasteiger partial charge is 0.507 e. The van der Waals surface area contributed by atoms with E-state index < -0.39 is 6.04 Å². The number of aryl methyl sites for hydroxylation is 1. The summed E-state index contributed by atoms with van der Waals surface area (Å²) in [6.07, 6.45) is 3.45. The molecule has 0 aliphatic carbocycles. The maximum Gasteiger partial charge on any atom is 0.259 e. The molecule has 2 aromatic carbocycles. The highest BCUT2D eigenvalue weighted by Crippen LogP contribution is 2.34. The predicted octanol–water partition coefficient (Wildman–Crippen LogP) is 4.36. The Morgan fingerprint density at radius 2 is 1.69 bits per heavy atom. The summed E-state index contributed by atoms with van der Waals surface area (Å²) in [6.45, 7) is 4.65. The number of nitrogens with zero attached hydrogens (tertiary/aromatic N) is 4. The zero-order valence-electron chi connectivity index (χ0n) is 20.2. The number of pyridine rings is 2. The lowest BCUT2D eigenvalue weighted by Crippen LogP contribution is -2.49. The van der Waals surface area contributed by atoms with E-state index in [1.54, 1.807) is 35.2 Å². The van der Waals surface area contributed by atoms with Crippen molar-refractivity contribution in [2.24, 2.45) is 0 Å². The molecule has 1 N–H and O–H groups in total. The lowest BCUT2D eigenvalue weighted by molar-refractivity contribution is 0.207. The van der Waals surface area contributed by atoms with Crippen LogP contribution in [0.25, 0.3) is 0 Å². The van der Waals surface area contributed by atoms with E-state index in [0.717, 1.165) is 11.1 Å². The van der Waals surface area contributed by atoms with Crippen molar-refractivity contribution in [3.05, 3.63) is 124 Å². The Morgan fingerprint density at radius 3 is 2.39 bits per heavy atom. The van der Waals surface area contributed by atoms with Crippen LogP contribution >= 0.6 is 0 Å². The van der Waals surface area contributed by atoms with Crippen LogP contribution < -0.4 is 10.5 Å². The first-order valence-electron chi connectivity index (χ1n) is 12.1. The Morgan fingerprint density at radius 1 is 0.972 bits per heavy atom. The third-order valence-electron chi connectivity index (χ3n) is 6.85. The number of halogens is 1. The lowest BCUT2D eigenvalue weighted by Gasteiger charge is -2.40. The van der Waals surface area contributed by atoms with E-state index in [1.807, 2.05) is 60.4 Å². The number of aromatic nitrogens is 2. The number of hydrogen-bond donors (Lipinski definition) is 1. The molecule has 36 heavy (non-hydrogen) atoms. The molecule has 2 aromatic heterocycles. The molecule has 0 radical (unpaired) electrons. The Bertz CT molecular complexity index is 1380. The molecule has 0 spiro atoms. The van der Waals surface area contributed by atoms with Gasteiger partial charge in [0.25, 0.3) is 5.56 Å². The maximum atomic E-state index is 14.4. The molecular formula is C29H29FN4O2. The molecule has 1 aliphatic heterocycles.